The number of hydrogen-bond acceptors (Lipinski definition) is 3. The monoisotopic (exact) mass is 263 g/mol. The van der Waals surface area contributed by atoms with E-state index in [4.69, 9.17) is 0 Å². The molecule has 4 heteroatoms. The van der Waals surface area contributed by atoms with E-state index in [1.54, 1.807) is 0 Å². The average molecular weight is 263 g/mol. The number of carbonyl (C=O) groups excluding carboxylic acids is 2. The van der Waals surface area contributed by atoms with Crippen molar-refractivity contribution in [2.75, 3.05) is 13.7 Å². The lowest BCUT2D eigenvalue weighted by molar-refractivity contribution is -0.140. The van der Waals surface area contributed by atoms with Gasteiger partial charge in [-0.2, -0.15) is 0 Å². The van der Waals surface area contributed by atoms with Gasteiger partial charge >= 0.3 is 5.97 Å². The highest BCUT2D eigenvalue weighted by molar-refractivity contribution is 5.78. The van der Waals surface area contributed by atoms with Crippen LogP contribution < -0.4 is 5.32 Å². The number of esters is 1. The number of methoxy groups -OCH3 is 1. The number of nitrogens with one attached hydrogen (secondary N) is 1. The van der Waals surface area contributed by atoms with Crippen molar-refractivity contribution in [1.82, 2.24) is 5.32 Å². The maximum absolute atomic E-state index is 11.6. The minimum atomic E-state index is -0.173. The first-order valence-electron chi connectivity index (χ1n) is 6.60. The molecule has 0 saturated heterocycles. The number of hydrogen-bond donors (Lipinski definition) is 1. The van der Waals surface area contributed by atoms with Gasteiger partial charge in [0.1, 0.15) is 0 Å². The highest BCUT2D eigenvalue weighted by Gasteiger charge is 2.02. The highest BCUT2D eigenvalue weighted by atomic mass is 16.5. The Morgan fingerprint density at radius 3 is 2.53 bits per heavy atom. The zero-order chi connectivity index (χ0) is 13.9. The fourth-order valence-electron chi connectivity index (χ4n) is 1.74. The molecule has 0 heterocycles. The Kier molecular flexibility index (Phi) is 7.32. The van der Waals surface area contributed by atoms with Crippen molar-refractivity contribution in [3.8, 4) is 0 Å². The van der Waals surface area contributed by atoms with Gasteiger partial charge in [-0.3, -0.25) is 9.59 Å². The van der Waals surface area contributed by atoms with Crippen molar-refractivity contribution >= 4 is 11.9 Å². The molecule has 0 aromatic heterocycles. The third-order valence-electron chi connectivity index (χ3n) is 2.82. The Morgan fingerprint density at radius 1 is 1.11 bits per heavy atom. The zero-order valence-electron chi connectivity index (χ0n) is 11.4. The molecule has 0 aliphatic heterocycles. The van der Waals surface area contributed by atoms with E-state index in [1.807, 2.05) is 30.3 Å². The van der Waals surface area contributed by atoms with E-state index in [0.29, 0.717) is 19.4 Å². The van der Waals surface area contributed by atoms with Crippen molar-refractivity contribution < 1.29 is 14.3 Å². The van der Waals surface area contributed by atoms with Gasteiger partial charge in [-0.1, -0.05) is 36.8 Å². The predicted octanol–water partition coefficient (Wildman–Crippen LogP) is 2.08. The van der Waals surface area contributed by atoms with Crippen molar-refractivity contribution in [3.63, 3.8) is 0 Å². The normalized spacial score (nSPS) is 9.95. The molecule has 1 N–H and O–H groups in total. The molecule has 1 aromatic carbocycles. The van der Waals surface area contributed by atoms with Crippen LogP contribution in [0.1, 0.15) is 31.2 Å². The van der Waals surface area contributed by atoms with Crippen LogP contribution in [0.5, 0.6) is 0 Å². The highest BCUT2D eigenvalue weighted by Crippen LogP contribution is 2.01. The lowest BCUT2D eigenvalue weighted by atomic mass is 10.1. The van der Waals surface area contributed by atoms with Gasteiger partial charge in [-0.25, -0.2) is 0 Å². The summed E-state index contributed by atoms with van der Waals surface area (Å²) in [6, 6.07) is 9.67. The molecule has 19 heavy (non-hydrogen) atoms. The van der Waals surface area contributed by atoms with E-state index in [9.17, 15) is 9.59 Å². The first-order valence-corrected chi connectivity index (χ1v) is 6.60. The second kappa shape index (κ2) is 9.14. The van der Waals surface area contributed by atoms with Crippen LogP contribution in [0.15, 0.2) is 30.3 Å². The summed E-state index contributed by atoms with van der Waals surface area (Å²) in [7, 11) is 1.39. The molecule has 0 aliphatic rings. The second-order valence-electron chi connectivity index (χ2n) is 4.40. The summed E-state index contributed by atoms with van der Waals surface area (Å²) >= 11 is 0. The molecular weight excluding hydrogens is 242 g/mol. The average Bonchev–Trinajstić information content (AvgIpc) is 2.43. The molecule has 0 atom stereocenters. The molecular formula is C15H21NO3. The number of carbonyl (C=O) groups is 2. The van der Waals surface area contributed by atoms with Crippen LogP contribution in [0.25, 0.3) is 0 Å². The van der Waals surface area contributed by atoms with Crippen LogP contribution in [-0.2, 0) is 20.7 Å². The molecule has 4 nitrogen and oxygen atoms in total. The standard InChI is InChI=1S/C15H21NO3/c1-19-15(18)10-6-3-7-11-16-14(17)12-13-8-4-2-5-9-13/h2,4-5,8-9H,3,6-7,10-12H2,1H3,(H,16,17). The first-order chi connectivity index (χ1) is 9.22. The van der Waals surface area contributed by atoms with E-state index in [1.165, 1.54) is 7.11 Å². The van der Waals surface area contributed by atoms with Gasteiger partial charge in [0, 0.05) is 13.0 Å². The van der Waals surface area contributed by atoms with Gasteiger partial charge in [0.15, 0.2) is 0 Å². The molecule has 104 valence electrons. The maximum Gasteiger partial charge on any atom is 0.305 e. The summed E-state index contributed by atoms with van der Waals surface area (Å²) in [6.07, 6.45) is 3.48. The fraction of sp³-hybridized carbons (Fsp3) is 0.467. The Labute approximate surface area is 114 Å². The maximum atomic E-state index is 11.6. The van der Waals surface area contributed by atoms with E-state index in [-0.39, 0.29) is 11.9 Å². The van der Waals surface area contributed by atoms with E-state index >= 15 is 0 Å². The van der Waals surface area contributed by atoms with Crippen molar-refractivity contribution in [1.29, 1.82) is 0 Å². The summed E-state index contributed by atoms with van der Waals surface area (Å²) < 4.78 is 4.55. The lowest BCUT2D eigenvalue weighted by Crippen LogP contribution is -2.26. The summed E-state index contributed by atoms with van der Waals surface area (Å²) in [5, 5.41) is 2.88. The van der Waals surface area contributed by atoms with Crippen LogP contribution in [0.2, 0.25) is 0 Å². The molecule has 0 bridgehead atoms. The van der Waals surface area contributed by atoms with Gasteiger partial charge < -0.3 is 10.1 Å². The van der Waals surface area contributed by atoms with Gasteiger partial charge in [0.25, 0.3) is 0 Å². The molecule has 0 spiro atoms. The summed E-state index contributed by atoms with van der Waals surface area (Å²) in [4.78, 5) is 22.5. The topological polar surface area (TPSA) is 55.4 Å². The minimum Gasteiger partial charge on any atom is -0.469 e. The van der Waals surface area contributed by atoms with Crippen LogP contribution in [0.3, 0.4) is 0 Å². The summed E-state index contributed by atoms with van der Waals surface area (Å²) in [5.41, 5.74) is 1.02. The molecule has 1 aromatic rings. The van der Waals surface area contributed by atoms with Crippen LogP contribution in [0.4, 0.5) is 0 Å². The Morgan fingerprint density at radius 2 is 1.84 bits per heavy atom. The summed E-state index contributed by atoms with van der Waals surface area (Å²) in [6.45, 7) is 0.660. The fourth-order valence-corrected chi connectivity index (χ4v) is 1.74. The van der Waals surface area contributed by atoms with Crippen molar-refractivity contribution in [2.24, 2.45) is 0 Å². The number of ether oxygens (including phenoxy) is 1. The smallest absolute Gasteiger partial charge is 0.305 e. The third-order valence-corrected chi connectivity index (χ3v) is 2.82. The molecule has 0 fully saturated rings. The van der Waals surface area contributed by atoms with Gasteiger partial charge in [-0.15, -0.1) is 0 Å². The van der Waals surface area contributed by atoms with Crippen molar-refractivity contribution in [2.45, 2.75) is 32.1 Å². The third kappa shape index (κ3) is 7.24. The molecule has 1 amide bonds. The van der Waals surface area contributed by atoms with Gasteiger partial charge in [0.2, 0.25) is 5.91 Å². The van der Waals surface area contributed by atoms with Gasteiger partial charge in [-0.05, 0) is 18.4 Å². The largest absolute Gasteiger partial charge is 0.469 e. The molecule has 0 saturated carbocycles. The van der Waals surface area contributed by atoms with Crippen molar-refractivity contribution in [3.05, 3.63) is 35.9 Å². The predicted molar refractivity (Wildman–Crippen MR) is 73.6 cm³/mol. The van der Waals surface area contributed by atoms with Crippen LogP contribution in [-0.4, -0.2) is 25.5 Å². The minimum absolute atomic E-state index is 0.0409. The number of rotatable bonds is 8. The summed E-state index contributed by atoms with van der Waals surface area (Å²) in [5.74, 6) is -0.132. The lowest BCUT2D eigenvalue weighted by Gasteiger charge is -2.05. The zero-order valence-corrected chi connectivity index (χ0v) is 11.4. The number of benzene rings is 1. The quantitative estimate of drug-likeness (QED) is 0.577. The van der Waals surface area contributed by atoms with E-state index < -0.39 is 0 Å². The Balaban J connectivity index is 2.03. The van der Waals surface area contributed by atoms with Gasteiger partial charge in [0.05, 0.1) is 13.5 Å². The molecule has 0 aliphatic carbocycles. The van der Waals surface area contributed by atoms with E-state index in [0.717, 1.165) is 24.8 Å². The second-order valence-corrected chi connectivity index (χ2v) is 4.40. The molecule has 0 unspecified atom stereocenters. The molecule has 1 rings (SSSR count). The van der Waals surface area contributed by atoms with Crippen LogP contribution >= 0.6 is 0 Å². The van der Waals surface area contributed by atoms with E-state index in [2.05, 4.69) is 10.1 Å². The first kappa shape index (κ1) is 15.2. The SMILES string of the molecule is COC(=O)CCCCCNC(=O)Cc1ccccc1. The van der Waals surface area contributed by atoms with Crippen LogP contribution in [0, 0.1) is 0 Å². The number of unbranched alkanes of at least 4 members (excludes halogenated alkanes) is 2. The Bertz CT molecular complexity index is 390. The number of amides is 1. The molecule has 0 radical (unpaired) electrons. The Hall–Kier alpha value is -1.84.